The molecule has 3 aromatic carbocycles. The van der Waals surface area contributed by atoms with Gasteiger partial charge >= 0.3 is 5.97 Å². The van der Waals surface area contributed by atoms with Gasteiger partial charge in [0.05, 0.1) is 12.5 Å². The molecule has 0 radical (unpaired) electrons. The van der Waals surface area contributed by atoms with Gasteiger partial charge < -0.3 is 4.74 Å². The maximum Gasteiger partial charge on any atom is 0.308 e. The van der Waals surface area contributed by atoms with Crippen LogP contribution in [0.3, 0.4) is 0 Å². The van der Waals surface area contributed by atoms with Crippen molar-refractivity contribution < 1.29 is 9.53 Å². The molecule has 3 atom stereocenters. The first-order chi connectivity index (χ1) is 13.7. The Hall–Kier alpha value is -2.91. The first kappa shape index (κ1) is 18.5. The van der Waals surface area contributed by atoms with Gasteiger partial charge in [0.15, 0.2) is 0 Å². The number of esters is 1. The van der Waals surface area contributed by atoms with Crippen LogP contribution in [0, 0.1) is 0 Å². The van der Waals surface area contributed by atoms with Crippen LogP contribution in [0.2, 0.25) is 0 Å². The first-order valence-corrected chi connectivity index (χ1v) is 9.81. The van der Waals surface area contributed by atoms with E-state index in [2.05, 4.69) is 60.4 Å². The molecule has 3 heteroatoms. The van der Waals surface area contributed by atoms with E-state index in [1.54, 1.807) is 0 Å². The number of ether oxygens (including phenoxy) is 1. The van der Waals surface area contributed by atoms with Crippen LogP contribution < -0.4 is 0 Å². The number of nitrogens with zero attached hydrogens (tertiary/aromatic N) is 1. The highest BCUT2D eigenvalue weighted by molar-refractivity contribution is 5.73. The molecular formula is C25H25NO2. The Balaban J connectivity index is 1.70. The van der Waals surface area contributed by atoms with Gasteiger partial charge in [0, 0.05) is 12.6 Å². The molecule has 1 saturated heterocycles. The molecule has 3 nitrogen and oxygen atoms in total. The molecule has 0 amide bonds. The van der Waals surface area contributed by atoms with E-state index in [-0.39, 0.29) is 24.2 Å². The Bertz CT molecular complexity index is 896. The van der Waals surface area contributed by atoms with Crippen LogP contribution in [0.5, 0.6) is 0 Å². The third-order valence-electron chi connectivity index (χ3n) is 5.53. The predicted molar refractivity (Wildman–Crippen MR) is 111 cm³/mol. The topological polar surface area (TPSA) is 29.5 Å². The van der Waals surface area contributed by atoms with Gasteiger partial charge in [-0.1, -0.05) is 91.0 Å². The summed E-state index contributed by atoms with van der Waals surface area (Å²) in [6.45, 7) is 2.98. The highest BCUT2D eigenvalue weighted by Gasteiger charge is 2.41. The van der Waals surface area contributed by atoms with Crippen molar-refractivity contribution in [2.24, 2.45) is 0 Å². The molecule has 0 saturated carbocycles. The third kappa shape index (κ3) is 4.00. The fourth-order valence-electron chi connectivity index (χ4n) is 4.03. The lowest BCUT2D eigenvalue weighted by atomic mass is 9.96. The Morgan fingerprint density at radius 2 is 1.46 bits per heavy atom. The van der Waals surface area contributed by atoms with Crippen LogP contribution in [0.15, 0.2) is 91.0 Å². The van der Waals surface area contributed by atoms with E-state index in [9.17, 15) is 4.79 Å². The summed E-state index contributed by atoms with van der Waals surface area (Å²) >= 11 is 0. The van der Waals surface area contributed by atoms with Gasteiger partial charge in [0.1, 0.15) is 6.10 Å². The van der Waals surface area contributed by atoms with Gasteiger partial charge in [-0.05, 0) is 23.6 Å². The molecule has 1 aliphatic heterocycles. The van der Waals surface area contributed by atoms with Crippen molar-refractivity contribution in [1.82, 2.24) is 4.90 Å². The zero-order chi connectivity index (χ0) is 19.3. The summed E-state index contributed by atoms with van der Waals surface area (Å²) in [5.74, 6) is -0.128. The van der Waals surface area contributed by atoms with Crippen molar-refractivity contribution in [3.63, 3.8) is 0 Å². The van der Waals surface area contributed by atoms with Crippen LogP contribution in [-0.4, -0.2) is 16.9 Å². The average Bonchev–Trinajstić information content (AvgIpc) is 3.15. The standard InChI is InChI=1S/C25H25NO2/c1-19(21-13-7-3-8-14-21)26(18-20-11-5-2-6-12-20)23-17-24(27)28-25(23)22-15-9-4-10-16-22/h2-16,19,23,25H,17-18H2,1H3/t19-,23+,25-/m0/s1. The molecule has 0 unspecified atom stereocenters. The maximum atomic E-state index is 12.3. The number of cyclic esters (lactones) is 1. The summed E-state index contributed by atoms with van der Waals surface area (Å²) in [5.41, 5.74) is 3.53. The summed E-state index contributed by atoms with van der Waals surface area (Å²) in [6.07, 6.45) is 0.160. The van der Waals surface area contributed by atoms with Gasteiger partial charge in [-0.15, -0.1) is 0 Å². The molecule has 1 aliphatic rings. The summed E-state index contributed by atoms with van der Waals surface area (Å²) in [4.78, 5) is 14.7. The van der Waals surface area contributed by atoms with E-state index < -0.39 is 0 Å². The predicted octanol–water partition coefficient (Wildman–Crippen LogP) is 5.31. The lowest BCUT2D eigenvalue weighted by molar-refractivity contribution is -0.141. The third-order valence-corrected chi connectivity index (χ3v) is 5.53. The molecule has 142 valence electrons. The fourth-order valence-corrected chi connectivity index (χ4v) is 4.03. The lowest BCUT2D eigenvalue weighted by Gasteiger charge is -2.36. The summed E-state index contributed by atoms with van der Waals surface area (Å²) < 4.78 is 5.78. The molecule has 0 aromatic heterocycles. The van der Waals surface area contributed by atoms with E-state index >= 15 is 0 Å². The molecule has 0 spiro atoms. The number of hydrogen-bond donors (Lipinski definition) is 0. The molecule has 3 aromatic rings. The molecule has 0 aliphatic carbocycles. The van der Waals surface area contributed by atoms with Crippen LogP contribution >= 0.6 is 0 Å². The van der Waals surface area contributed by atoms with E-state index in [1.165, 1.54) is 11.1 Å². The van der Waals surface area contributed by atoms with Crippen LogP contribution in [0.25, 0.3) is 0 Å². The second-order valence-corrected chi connectivity index (χ2v) is 7.34. The zero-order valence-corrected chi connectivity index (χ0v) is 16.1. The van der Waals surface area contributed by atoms with Crippen molar-refractivity contribution in [1.29, 1.82) is 0 Å². The van der Waals surface area contributed by atoms with E-state index in [4.69, 9.17) is 4.74 Å². The minimum absolute atomic E-state index is 0.00897. The smallest absolute Gasteiger partial charge is 0.308 e. The first-order valence-electron chi connectivity index (χ1n) is 9.81. The summed E-state index contributed by atoms with van der Waals surface area (Å²) in [6, 6.07) is 31.1. The highest BCUT2D eigenvalue weighted by Crippen LogP contribution is 2.38. The minimum atomic E-state index is -0.247. The van der Waals surface area contributed by atoms with Gasteiger partial charge in [0.2, 0.25) is 0 Å². The number of benzene rings is 3. The normalized spacial score (nSPS) is 20.1. The van der Waals surface area contributed by atoms with E-state index in [0.29, 0.717) is 6.42 Å². The van der Waals surface area contributed by atoms with Crippen LogP contribution in [0.4, 0.5) is 0 Å². The van der Waals surface area contributed by atoms with Crippen molar-refractivity contribution in [2.75, 3.05) is 0 Å². The fraction of sp³-hybridized carbons (Fsp3) is 0.240. The van der Waals surface area contributed by atoms with Gasteiger partial charge in [-0.25, -0.2) is 0 Å². The van der Waals surface area contributed by atoms with Crippen LogP contribution in [0.1, 0.15) is 42.2 Å². The SMILES string of the molecule is C[C@@H](c1ccccc1)N(Cc1ccccc1)[C@@H]1CC(=O)O[C@H]1c1ccccc1. The second-order valence-electron chi connectivity index (χ2n) is 7.34. The molecule has 4 rings (SSSR count). The number of rotatable bonds is 6. The second kappa shape index (κ2) is 8.41. The Kier molecular flexibility index (Phi) is 5.54. The quantitative estimate of drug-likeness (QED) is 0.550. The molecule has 28 heavy (non-hydrogen) atoms. The zero-order valence-electron chi connectivity index (χ0n) is 16.1. The van der Waals surface area contributed by atoms with E-state index in [1.807, 2.05) is 42.5 Å². The van der Waals surface area contributed by atoms with Crippen molar-refractivity contribution >= 4 is 5.97 Å². The molecule has 1 fully saturated rings. The molecule has 1 heterocycles. The van der Waals surface area contributed by atoms with Gasteiger partial charge in [0.25, 0.3) is 0 Å². The van der Waals surface area contributed by atoms with Crippen molar-refractivity contribution in [2.45, 2.75) is 38.1 Å². The number of hydrogen-bond acceptors (Lipinski definition) is 3. The molecule has 0 bridgehead atoms. The Labute approximate surface area is 166 Å². The summed E-state index contributed by atoms with van der Waals surface area (Å²) in [7, 11) is 0. The maximum absolute atomic E-state index is 12.3. The van der Waals surface area contributed by atoms with Gasteiger partial charge in [-0.3, -0.25) is 9.69 Å². The lowest BCUT2D eigenvalue weighted by Crippen LogP contribution is -2.38. The number of carbonyl (C=O) groups is 1. The van der Waals surface area contributed by atoms with Crippen molar-refractivity contribution in [3.8, 4) is 0 Å². The highest BCUT2D eigenvalue weighted by atomic mass is 16.6. The monoisotopic (exact) mass is 371 g/mol. The van der Waals surface area contributed by atoms with E-state index in [0.717, 1.165) is 12.1 Å². The minimum Gasteiger partial charge on any atom is -0.456 e. The van der Waals surface area contributed by atoms with Crippen LogP contribution in [-0.2, 0) is 16.1 Å². The largest absolute Gasteiger partial charge is 0.456 e. The molecular weight excluding hydrogens is 346 g/mol. The Morgan fingerprint density at radius 1 is 0.893 bits per heavy atom. The summed E-state index contributed by atoms with van der Waals surface area (Å²) in [5, 5.41) is 0. The Morgan fingerprint density at radius 3 is 2.11 bits per heavy atom. The van der Waals surface area contributed by atoms with Gasteiger partial charge in [-0.2, -0.15) is 0 Å². The molecule has 0 N–H and O–H groups in total. The van der Waals surface area contributed by atoms with Crippen molar-refractivity contribution in [3.05, 3.63) is 108 Å². The number of carbonyl (C=O) groups excluding carboxylic acids is 1. The average molecular weight is 371 g/mol.